The van der Waals surface area contributed by atoms with Gasteiger partial charge in [0.2, 0.25) is 0 Å². The van der Waals surface area contributed by atoms with Gasteiger partial charge in [0.15, 0.2) is 0 Å². The van der Waals surface area contributed by atoms with Crippen LogP contribution in [0.5, 0.6) is 0 Å². The predicted molar refractivity (Wildman–Crippen MR) is 72.9 cm³/mol. The summed E-state index contributed by atoms with van der Waals surface area (Å²) in [6, 6.07) is 19.4. The Balaban J connectivity index is 0.000000963. The Labute approximate surface area is 96.5 Å². The van der Waals surface area contributed by atoms with Gasteiger partial charge >= 0.3 is 0 Å². The molecule has 0 aliphatic carbocycles. The molecule has 3 rings (SSSR count). The standard InChI is InChI=1S/C15H12.CH4/c1-11-14-8-4-2-6-12(14)10-13-7-3-5-9-15(11)13;/h2-10H,1H3;1H4. The van der Waals surface area contributed by atoms with E-state index in [4.69, 9.17) is 0 Å². The van der Waals surface area contributed by atoms with Crippen molar-refractivity contribution in [2.45, 2.75) is 14.4 Å². The van der Waals surface area contributed by atoms with E-state index in [-0.39, 0.29) is 7.43 Å². The molecular weight excluding hydrogens is 192 g/mol. The number of rotatable bonds is 0. The van der Waals surface area contributed by atoms with Crippen molar-refractivity contribution in [3.05, 3.63) is 60.2 Å². The van der Waals surface area contributed by atoms with Crippen LogP contribution in [0.3, 0.4) is 0 Å². The molecule has 0 bridgehead atoms. The molecule has 0 amide bonds. The number of benzene rings is 3. The molecule has 16 heavy (non-hydrogen) atoms. The second kappa shape index (κ2) is 3.97. The Morgan fingerprint density at radius 1 is 0.688 bits per heavy atom. The van der Waals surface area contributed by atoms with Crippen molar-refractivity contribution in [3.63, 3.8) is 0 Å². The van der Waals surface area contributed by atoms with Gasteiger partial charge in [0.1, 0.15) is 0 Å². The van der Waals surface area contributed by atoms with Crippen LogP contribution in [-0.4, -0.2) is 0 Å². The molecule has 0 nitrogen and oxygen atoms in total. The monoisotopic (exact) mass is 208 g/mol. The summed E-state index contributed by atoms with van der Waals surface area (Å²) < 4.78 is 0. The Bertz CT molecular complexity index is 582. The first-order valence-electron chi connectivity index (χ1n) is 5.23. The van der Waals surface area contributed by atoms with Crippen molar-refractivity contribution < 1.29 is 0 Å². The maximum absolute atomic E-state index is 2.26. The van der Waals surface area contributed by atoms with Crippen molar-refractivity contribution in [2.24, 2.45) is 0 Å². The first-order valence-corrected chi connectivity index (χ1v) is 5.23. The van der Waals surface area contributed by atoms with E-state index in [0.717, 1.165) is 0 Å². The lowest BCUT2D eigenvalue weighted by molar-refractivity contribution is 1.58. The van der Waals surface area contributed by atoms with Gasteiger partial charge in [-0.15, -0.1) is 0 Å². The molecule has 3 aromatic carbocycles. The molecule has 3 aromatic rings. The van der Waals surface area contributed by atoms with Gasteiger partial charge in [-0.05, 0) is 40.1 Å². The van der Waals surface area contributed by atoms with E-state index < -0.39 is 0 Å². The zero-order valence-electron chi connectivity index (χ0n) is 8.70. The summed E-state index contributed by atoms with van der Waals surface area (Å²) in [5, 5.41) is 5.37. The van der Waals surface area contributed by atoms with Crippen LogP contribution in [0, 0.1) is 6.92 Å². The van der Waals surface area contributed by atoms with E-state index in [0.29, 0.717) is 0 Å². The molecule has 0 aromatic heterocycles. The molecule has 0 N–H and O–H groups in total. The van der Waals surface area contributed by atoms with Crippen LogP contribution in [-0.2, 0) is 0 Å². The SMILES string of the molecule is C.Cc1c2ccccc2cc2ccccc12. The van der Waals surface area contributed by atoms with Gasteiger partial charge in [-0.1, -0.05) is 56.0 Å². The molecule has 0 aliphatic heterocycles. The van der Waals surface area contributed by atoms with E-state index >= 15 is 0 Å². The third-order valence-electron chi connectivity index (χ3n) is 3.04. The van der Waals surface area contributed by atoms with Gasteiger partial charge in [-0.2, -0.15) is 0 Å². The smallest absolute Gasteiger partial charge is 0.0148 e. The predicted octanol–water partition coefficient (Wildman–Crippen LogP) is 4.94. The number of hydrogen-bond acceptors (Lipinski definition) is 0. The Hall–Kier alpha value is -1.82. The summed E-state index contributed by atoms with van der Waals surface area (Å²) in [5.74, 6) is 0. The van der Waals surface area contributed by atoms with Gasteiger partial charge in [-0.3, -0.25) is 0 Å². The van der Waals surface area contributed by atoms with E-state index in [1.807, 2.05) is 0 Å². The second-order valence-corrected chi connectivity index (χ2v) is 3.94. The van der Waals surface area contributed by atoms with Crippen molar-refractivity contribution in [1.82, 2.24) is 0 Å². The molecule has 0 saturated carbocycles. The minimum absolute atomic E-state index is 0. The molecule has 0 atom stereocenters. The third-order valence-corrected chi connectivity index (χ3v) is 3.04. The molecule has 0 fully saturated rings. The fourth-order valence-electron chi connectivity index (χ4n) is 2.24. The van der Waals surface area contributed by atoms with Gasteiger partial charge < -0.3 is 0 Å². The van der Waals surface area contributed by atoms with Crippen molar-refractivity contribution in [3.8, 4) is 0 Å². The van der Waals surface area contributed by atoms with Crippen LogP contribution in [0.15, 0.2) is 54.6 Å². The largest absolute Gasteiger partial charge is 0.0776 e. The Morgan fingerprint density at radius 3 is 1.62 bits per heavy atom. The quantitative estimate of drug-likeness (QED) is 0.459. The molecule has 0 spiro atoms. The van der Waals surface area contributed by atoms with Gasteiger partial charge in [-0.25, -0.2) is 0 Å². The summed E-state index contributed by atoms with van der Waals surface area (Å²) in [5.41, 5.74) is 1.38. The summed E-state index contributed by atoms with van der Waals surface area (Å²) in [7, 11) is 0. The normalized spacial score (nSPS) is 10.3. The highest BCUT2D eigenvalue weighted by Crippen LogP contribution is 2.27. The number of fused-ring (bicyclic) bond motifs is 2. The van der Waals surface area contributed by atoms with E-state index in [1.165, 1.54) is 27.1 Å². The first-order chi connectivity index (χ1) is 7.36. The fraction of sp³-hybridized carbons (Fsp3) is 0.125. The highest BCUT2D eigenvalue weighted by atomic mass is 14.1. The topological polar surface area (TPSA) is 0 Å². The van der Waals surface area contributed by atoms with Crippen molar-refractivity contribution >= 4 is 21.5 Å². The lowest BCUT2D eigenvalue weighted by atomic mass is 9.98. The average Bonchev–Trinajstić information content (AvgIpc) is 2.30. The highest BCUT2D eigenvalue weighted by molar-refractivity contribution is 6.01. The first kappa shape index (κ1) is 10.7. The van der Waals surface area contributed by atoms with E-state index in [1.54, 1.807) is 0 Å². The molecule has 0 aliphatic rings. The lowest BCUT2D eigenvalue weighted by Gasteiger charge is -2.06. The molecule has 0 heteroatoms. The summed E-state index contributed by atoms with van der Waals surface area (Å²) >= 11 is 0. The maximum atomic E-state index is 2.26. The molecule has 0 heterocycles. The molecule has 0 unspecified atom stereocenters. The van der Waals surface area contributed by atoms with Crippen molar-refractivity contribution in [1.29, 1.82) is 0 Å². The second-order valence-electron chi connectivity index (χ2n) is 3.94. The van der Waals surface area contributed by atoms with Gasteiger partial charge in [0.25, 0.3) is 0 Å². The molecule has 0 saturated heterocycles. The molecule has 80 valence electrons. The molecule has 0 radical (unpaired) electrons. The van der Waals surface area contributed by atoms with Crippen LogP contribution in [0.1, 0.15) is 13.0 Å². The van der Waals surface area contributed by atoms with Crippen LogP contribution in [0.2, 0.25) is 0 Å². The lowest BCUT2D eigenvalue weighted by Crippen LogP contribution is -1.81. The summed E-state index contributed by atoms with van der Waals surface area (Å²) in [4.78, 5) is 0. The third kappa shape index (κ3) is 1.47. The van der Waals surface area contributed by atoms with E-state index in [9.17, 15) is 0 Å². The van der Waals surface area contributed by atoms with Crippen LogP contribution in [0.4, 0.5) is 0 Å². The fourth-order valence-corrected chi connectivity index (χ4v) is 2.24. The average molecular weight is 208 g/mol. The molecular formula is C16H16. The maximum Gasteiger partial charge on any atom is -0.0148 e. The number of hydrogen-bond donors (Lipinski definition) is 0. The Morgan fingerprint density at radius 2 is 1.12 bits per heavy atom. The zero-order valence-corrected chi connectivity index (χ0v) is 8.70. The summed E-state index contributed by atoms with van der Waals surface area (Å²) in [6.07, 6.45) is 0. The van der Waals surface area contributed by atoms with Gasteiger partial charge in [0, 0.05) is 0 Å². The minimum atomic E-state index is 0. The van der Waals surface area contributed by atoms with Crippen LogP contribution in [0.25, 0.3) is 21.5 Å². The van der Waals surface area contributed by atoms with Crippen LogP contribution >= 0.6 is 0 Å². The number of aryl methyl sites for hydroxylation is 1. The minimum Gasteiger partial charge on any atom is -0.0776 e. The highest BCUT2D eigenvalue weighted by Gasteiger charge is 2.01. The van der Waals surface area contributed by atoms with Crippen molar-refractivity contribution in [2.75, 3.05) is 0 Å². The summed E-state index contributed by atoms with van der Waals surface area (Å²) in [6.45, 7) is 2.20. The van der Waals surface area contributed by atoms with Gasteiger partial charge in [0.05, 0.1) is 0 Å². The van der Waals surface area contributed by atoms with Crippen LogP contribution < -0.4 is 0 Å². The van der Waals surface area contributed by atoms with E-state index in [2.05, 4.69) is 61.5 Å². The zero-order chi connectivity index (χ0) is 10.3. The Kier molecular flexibility index (Phi) is 2.66.